The summed E-state index contributed by atoms with van der Waals surface area (Å²) in [5.74, 6) is 3.41. The molecule has 0 aromatic rings. The maximum absolute atomic E-state index is 8.41. The van der Waals surface area contributed by atoms with Gasteiger partial charge in [0.05, 0.1) is 0 Å². The van der Waals surface area contributed by atoms with Gasteiger partial charge in [0.15, 0.2) is 0 Å². The standard InChI is InChI=1S/C6H8O/c1-2-5-3-6(5)4-7/h1,5-7H,3-4H2/t5-,6-/m1/s1. The molecule has 38 valence electrons. The van der Waals surface area contributed by atoms with Crippen LogP contribution in [0.3, 0.4) is 0 Å². The number of hydrogen-bond donors (Lipinski definition) is 1. The van der Waals surface area contributed by atoms with Gasteiger partial charge in [0.1, 0.15) is 0 Å². The van der Waals surface area contributed by atoms with E-state index in [4.69, 9.17) is 11.5 Å². The summed E-state index contributed by atoms with van der Waals surface area (Å²) in [7, 11) is 0. The predicted octanol–water partition coefficient (Wildman–Crippen LogP) is 0.248. The summed E-state index contributed by atoms with van der Waals surface area (Å²) in [6.45, 7) is 0.273. The number of hydrogen-bond acceptors (Lipinski definition) is 1. The Morgan fingerprint density at radius 2 is 2.57 bits per heavy atom. The van der Waals surface area contributed by atoms with Gasteiger partial charge in [-0.1, -0.05) is 0 Å². The van der Waals surface area contributed by atoms with Crippen LogP contribution in [0.2, 0.25) is 0 Å². The van der Waals surface area contributed by atoms with Gasteiger partial charge < -0.3 is 5.11 Å². The molecule has 0 spiro atoms. The van der Waals surface area contributed by atoms with Gasteiger partial charge in [0.2, 0.25) is 0 Å². The highest BCUT2D eigenvalue weighted by atomic mass is 16.3. The van der Waals surface area contributed by atoms with Crippen molar-refractivity contribution in [3.05, 3.63) is 0 Å². The van der Waals surface area contributed by atoms with Gasteiger partial charge in [-0.05, 0) is 12.3 Å². The van der Waals surface area contributed by atoms with Gasteiger partial charge in [-0.2, -0.15) is 0 Å². The van der Waals surface area contributed by atoms with Crippen molar-refractivity contribution in [2.75, 3.05) is 6.61 Å². The van der Waals surface area contributed by atoms with Crippen LogP contribution in [0.25, 0.3) is 0 Å². The van der Waals surface area contributed by atoms with Gasteiger partial charge >= 0.3 is 0 Å². The Balaban J connectivity index is 2.21. The third-order valence-corrected chi connectivity index (χ3v) is 1.37. The van der Waals surface area contributed by atoms with E-state index in [2.05, 4.69) is 5.92 Å². The quantitative estimate of drug-likeness (QED) is 0.464. The molecule has 0 aliphatic heterocycles. The zero-order chi connectivity index (χ0) is 5.28. The van der Waals surface area contributed by atoms with E-state index >= 15 is 0 Å². The van der Waals surface area contributed by atoms with Crippen LogP contribution in [0.4, 0.5) is 0 Å². The minimum absolute atomic E-state index is 0.273. The van der Waals surface area contributed by atoms with Crippen LogP contribution in [0.15, 0.2) is 0 Å². The maximum atomic E-state index is 8.41. The summed E-state index contributed by atoms with van der Waals surface area (Å²) in [6.07, 6.45) is 6.07. The molecule has 2 atom stereocenters. The van der Waals surface area contributed by atoms with Gasteiger partial charge in [-0.25, -0.2) is 0 Å². The molecule has 1 N–H and O–H groups in total. The van der Waals surface area contributed by atoms with E-state index in [9.17, 15) is 0 Å². The fourth-order valence-corrected chi connectivity index (χ4v) is 0.653. The zero-order valence-corrected chi connectivity index (χ0v) is 4.09. The molecule has 1 aliphatic carbocycles. The van der Waals surface area contributed by atoms with E-state index in [0.717, 1.165) is 6.42 Å². The highest BCUT2D eigenvalue weighted by Crippen LogP contribution is 2.36. The SMILES string of the molecule is C#C[C@@H]1C[C@@H]1CO. The second-order valence-corrected chi connectivity index (χ2v) is 1.95. The van der Waals surface area contributed by atoms with Crippen molar-refractivity contribution in [2.45, 2.75) is 6.42 Å². The van der Waals surface area contributed by atoms with Crippen molar-refractivity contribution < 1.29 is 5.11 Å². The first kappa shape index (κ1) is 4.67. The molecule has 0 amide bonds. The molecular formula is C6H8O. The second kappa shape index (κ2) is 1.55. The van der Waals surface area contributed by atoms with E-state index in [1.165, 1.54) is 0 Å². The number of aliphatic hydroxyl groups excluding tert-OH is 1. The lowest BCUT2D eigenvalue weighted by Gasteiger charge is -1.79. The van der Waals surface area contributed by atoms with E-state index in [-0.39, 0.29) is 6.61 Å². The van der Waals surface area contributed by atoms with Crippen LogP contribution in [0.5, 0.6) is 0 Å². The molecule has 0 unspecified atom stereocenters. The van der Waals surface area contributed by atoms with E-state index in [1.54, 1.807) is 0 Å². The molecule has 7 heavy (non-hydrogen) atoms. The summed E-state index contributed by atoms with van der Waals surface area (Å²) >= 11 is 0. The summed E-state index contributed by atoms with van der Waals surface area (Å²) < 4.78 is 0. The molecule has 1 aliphatic rings. The molecular weight excluding hydrogens is 88.1 g/mol. The van der Waals surface area contributed by atoms with Crippen LogP contribution >= 0.6 is 0 Å². The van der Waals surface area contributed by atoms with Crippen molar-refractivity contribution in [2.24, 2.45) is 11.8 Å². The number of aliphatic hydroxyl groups is 1. The lowest BCUT2D eigenvalue weighted by atomic mass is 10.3. The third-order valence-electron chi connectivity index (χ3n) is 1.37. The molecule has 1 fully saturated rings. The molecule has 0 aromatic carbocycles. The van der Waals surface area contributed by atoms with Crippen LogP contribution in [-0.2, 0) is 0 Å². The van der Waals surface area contributed by atoms with E-state index < -0.39 is 0 Å². The fourth-order valence-electron chi connectivity index (χ4n) is 0.653. The first-order valence-electron chi connectivity index (χ1n) is 2.45. The second-order valence-electron chi connectivity index (χ2n) is 1.95. The smallest absolute Gasteiger partial charge is 0.0471 e. The minimum atomic E-state index is 0.273. The van der Waals surface area contributed by atoms with Crippen LogP contribution < -0.4 is 0 Å². The Morgan fingerprint density at radius 1 is 1.86 bits per heavy atom. The predicted molar refractivity (Wildman–Crippen MR) is 27.5 cm³/mol. The lowest BCUT2D eigenvalue weighted by molar-refractivity contribution is 0.273. The topological polar surface area (TPSA) is 20.2 Å². The summed E-state index contributed by atoms with van der Waals surface area (Å²) in [4.78, 5) is 0. The number of rotatable bonds is 1. The first-order valence-corrected chi connectivity index (χ1v) is 2.45. The minimum Gasteiger partial charge on any atom is -0.396 e. The van der Waals surface area contributed by atoms with E-state index in [1.807, 2.05) is 0 Å². The third kappa shape index (κ3) is 0.755. The van der Waals surface area contributed by atoms with E-state index in [0.29, 0.717) is 11.8 Å². The van der Waals surface area contributed by atoms with Crippen molar-refractivity contribution in [3.63, 3.8) is 0 Å². The average molecular weight is 96.1 g/mol. The zero-order valence-electron chi connectivity index (χ0n) is 4.09. The Hall–Kier alpha value is -0.480. The molecule has 1 rings (SSSR count). The maximum Gasteiger partial charge on any atom is 0.0471 e. The highest BCUT2D eigenvalue weighted by molar-refractivity contribution is 5.06. The van der Waals surface area contributed by atoms with Gasteiger partial charge in [0.25, 0.3) is 0 Å². The Labute approximate surface area is 43.4 Å². The Morgan fingerprint density at radius 3 is 2.71 bits per heavy atom. The van der Waals surface area contributed by atoms with Crippen LogP contribution in [0.1, 0.15) is 6.42 Å². The average Bonchev–Trinajstić information content (AvgIpc) is 2.43. The molecule has 0 heterocycles. The molecule has 1 heteroatoms. The summed E-state index contributed by atoms with van der Waals surface area (Å²) in [5, 5.41) is 8.41. The molecule has 0 bridgehead atoms. The number of terminal acetylenes is 1. The van der Waals surface area contributed by atoms with Gasteiger partial charge in [0, 0.05) is 12.5 Å². The fraction of sp³-hybridized carbons (Fsp3) is 0.667. The molecule has 0 aromatic heterocycles. The lowest BCUT2D eigenvalue weighted by Crippen LogP contribution is -1.84. The normalized spacial score (nSPS) is 37.1. The highest BCUT2D eigenvalue weighted by Gasteiger charge is 2.34. The van der Waals surface area contributed by atoms with Crippen LogP contribution in [-0.4, -0.2) is 11.7 Å². The molecule has 1 nitrogen and oxygen atoms in total. The van der Waals surface area contributed by atoms with Crippen molar-refractivity contribution in [1.29, 1.82) is 0 Å². The van der Waals surface area contributed by atoms with Crippen molar-refractivity contribution >= 4 is 0 Å². The molecule has 0 saturated heterocycles. The van der Waals surface area contributed by atoms with Gasteiger partial charge in [-0.3, -0.25) is 0 Å². The first-order chi connectivity index (χ1) is 3.38. The van der Waals surface area contributed by atoms with Gasteiger partial charge in [-0.15, -0.1) is 12.3 Å². The molecule has 0 radical (unpaired) electrons. The Kier molecular flexibility index (Phi) is 1.04. The largest absolute Gasteiger partial charge is 0.396 e. The summed E-state index contributed by atoms with van der Waals surface area (Å²) in [6, 6.07) is 0. The van der Waals surface area contributed by atoms with Crippen molar-refractivity contribution in [3.8, 4) is 12.3 Å². The molecule has 1 saturated carbocycles. The monoisotopic (exact) mass is 96.1 g/mol. The van der Waals surface area contributed by atoms with Crippen LogP contribution in [0, 0.1) is 24.2 Å². The summed E-state index contributed by atoms with van der Waals surface area (Å²) in [5.41, 5.74) is 0. The van der Waals surface area contributed by atoms with Crippen molar-refractivity contribution in [1.82, 2.24) is 0 Å². The Bertz CT molecular complexity index is 101.